The van der Waals surface area contributed by atoms with Crippen LogP contribution < -0.4 is 5.73 Å². The fraction of sp³-hybridized carbons (Fsp3) is 1.00. The Morgan fingerprint density at radius 3 is 2.35 bits per heavy atom. The molecule has 0 amide bonds. The van der Waals surface area contributed by atoms with E-state index in [1.54, 1.807) is 0 Å². The molecule has 1 atom stereocenters. The second-order valence-electron chi connectivity index (χ2n) is 6.22. The van der Waals surface area contributed by atoms with Crippen LogP contribution in [0.2, 0.25) is 0 Å². The Kier molecular flexibility index (Phi) is 3.79. The number of nitrogens with zero attached hydrogens (tertiary/aromatic N) is 2. The van der Waals surface area contributed by atoms with Gasteiger partial charge in [-0.2, -0.15) is 11.8 Å². The lowest BCUT2D eigenvalue weighted by Crippen LogP contribution is -2.63. The molecular weight excluding hydrogens is 230 g/mol. The summed E-state index contributed by atoms with van der Waals surface area (Å²) in [4.78, 5) is 5.11. The molecule has 100 valence electrons. The van der Waals surface area contributed by atoms with Gasteiger partial charge < -0.3 is 5.73 Å². The third kappa shape index (κ3) is 2.50. The van der Waals surface area contributed by atoms with Crippen LogP contribution >= 0.6 is 11.8 Å². The summed E-state index contributed by atoms with van der Waals surface area (Å²) >= 11 is 2.03. The SMILES string of the molecule is CSC1(C(CN)N2CCN(C)C(C)(C)C2)CC1. The van der Waals surface area contributed by atoms with Crippen LogP contribution in [-0.4, -0.2) is 65.6 Å². The van der Waals surface area contributed by atoms with Crippen molar-refractivity contribution in [3.63, 3.8) is 0 Å². The fourth-order valence-corrected chi connectivity index (χ4v) is 4.06. The summed E-state index contributed by atoms with van der Waals surface area (Å²) in [6.45, 7) is 8.96. The average Bonchev–Trinajstić information content (AvgIpc) is 3.05. The lowest BCUT2D eigenvalue weighted by Gasteiger charge is -2.49. The van der Waals surface area contributed by atoms with E-state index >= 15 is 0 Å². The number of hydrogen-bond acceptors (Lipinski definition) is 4. The lowest BCUT2D eigenvalue weighted by atomic mass is 9.97. The number of piperazine rings is 1. The molecule has 1 aliphatic heterocycles. The van der Waals surface area contributed by atoms with Gasteiger partial charge in [-0.1, -0.05) is 0 Å². The van der Waals surface area contributed by atoms with Gasteiger partial charge in [0.2, 0.25) is 0 Å². The molecule has 1 heterocycles. The molecule has 2 fully saturated rings. The van der Waals surface area contributed by atoms with Crippen molar-refractivity contribution in [1.82, 2.24) is 9.80 Å². The maximum Gasteiger partial charge on any atom is 0.0366 e. The van der Waals surface area contributed by atoms with Crippen molar-refractivity contribution in [3.8, 4) is 0 Å². The zero-order chi connectivity index (χ0) is 12.7. The Morgan fingerprint density at radius 1 is 1.29 bits per heavy atom. The quantitative estimate of drug-likeness (QED) is 0.821. The van der Waals surface area contributed by atoms with E-state index < -0.39 is 0 Å². The van der Waals surface area contributed by atoms with E-state index in [1.807, 2.05) is 11.8 Å². The number of likely N-dealkylation sites (N-methyl/N-ethyl adjacent to an activating group) is 1. The minimum atomic E-state index is 0.278. The average molecular weight is 257 g/mol. The Balaban J connectivity index is 2.06. The van der Waals surface area contributed by atoms with Crippen molar-refractivity contribution in [1.29, 1.82) is 0 Å². The van der Waals surface area contributed by atoms with Crippen LogP contribution in [0.4, 0.5) is 0 Å². The fourth-order valence-electron chi connectivity index (χ4n) is 3.04. The molecule has 0 radical (unpaired) electrons. The zero-order valence-electron chi connectivity index (χ0n) is 11.7. The predicted octanol–water partition coefficient (Wildman–Crippen LogP) is 1.24. The molecule has 0 aromatic heterocycles. The highest BCUT2D eigenvalue weighted by atomic mass is 32.2. The molecule has 0 aromatic rings. The second kappa shape index (κ2) is 4.72. The van der Waals surface area contributed by atoms with Gasteiger partial charge in [0.1, 0.15) is 0 Å². The Bertz CT molecular complexity index is 276. The van der Waals surface area contributed by atoms with Crippen LogP contribution in [0.15, 0.2) is 0 Å². The summed E-state index contributed by atoms with van der Waals surface area (Å²) in [5, 5.41) is 0. The molecule has 2 N–H and O–H groups in total. The van der Waals surface area contributed by atoms with Crippen molar-refractivity contribution in [2.75, 3.05) is 39.5 Å². The molecule has 17 heavy (non-hydrogen) atoms. The van der Waals surface area contributed by atoms with Crippen LogP contribution in [0.5, 0.6) is 0 Å². The maximum atomic E-state index is 6.06. The number of nitrogens with two attached hydrogens (primary N) is 1. The topological polar surface area (TPSA) is 32.5 Å². The first-order valence-corrected chi connectivity index (χ1v) is 7.88. The molecule has 1 saturated heterocycles. The molecule has 2 rings (SSSR count). The summed E-state index contributed by atoms with van der Waals surface area (Å²) in [7, 11) is 2.23. The van der Waals surface area contributed by atoms with Gasteiger partial charge in [0.05, 0.1) is 0 Å². The third-order valence-electron chi connectivity index (χ3n) is 4.77. The van der Waals surface area contributed by atoms with E-state index in [1.165, 1.54) is 19.4 Å². The summed E-state index contributed by atoms with van der Waals surface area (Å²) in [6, 6.07) is 0.575. The van der Waals surface area contributed by atoms with Crippen LogP contribution in [0.25, 0.3) is 0 Å². The molecule has 2 aliphatic rings. The molecule has 1 saturated carbocycles. The molecule has 0 spiro atoms. The van der Waals surface area contributed by atoms with Gasteiger partial charge >= 0.3 is 0 Å². The van der Waals surface area contributed by atoms with E-state index in [4.69, 9.17) is 5.73 Å². The first-order valence-electron chi connectivity index (χ1n) is 6.66. The van der Waals surface area contributed by atoms with Gasteiger partial charge in [-0.25, -0.2) is 0 Å². The highest BCUT2D eigenvalue weighted by molar-refractivity contribution is 8.00. The zero-order valence-corrected chi connectivity index (χ0v) is 12.5. The summed E-state index contributed by atoms with van der Waals surface area (Å²) < 4.78 is 0.473. The molecule has 1 aliphatic carbocycles. The third-order valence-corrected chi connectivity index (χ3v) is 6.26. The molecule has 0 aromatic carbocycles. The van der Waals surface area contributed by atoms with E-state index in [2.05, 4.69) is 37.0 Å². The van der Waals surface area contributed by atoms with Crippen molar-refractivity contribution in [2.45, 2.75) is 43.0 Å². The minimum absolute atomic E-state index is 0.278. The van der Waals surface area contributed by atoms with Gasteiger partial charge in [-0.3, -0.25) is 9.80 Å². The van der Waals surface area contributed by atoms with Gasteiger partial charge in [0.15, 0.2) is 0 Å². The van der Waals surface area contributed by atoms with Crippen LogP contribution in [0.1, 0.15) is 26.7 Å². The van der Waals surface area contributed by atoms with Crippen molar-refractivity contribution in [3.05, 3.63) is 0 Å². The minimum Gasteiger partial charge on any atom is -0.329 e. The van der Waals surface area contributed by atoms with Gasteiger partial charge in [0.25, 0.3) is 0 Å². The molecular formula is C13H27N3S. The Labute approximate surface area is 110 Å². The highest BCUT2D eigenvalue weighted by Gasteiger charge is 2.51. The first kappa shape index (κ1) is 13.7. The smallest absolute Gasteiger partial charge is 0.0366 e. The van der Waals surface area contributed by atoms with Crippen molar-refractivity contribution < 1.29 is 0 Å². The molecule has 0 bridgehead atoms. The Hall–Kier alpha value is 0.230. The molecule has 3 nitrogen and oxygen atoms in total. The summed E-state index contributed by atoms with van der Waals surface area (Å²) in [6.07, 6.45) is 4.95. The first-order chi connectivity index (χ1) is 7.95. The standard InChI is InChI=1S/C13H27N3S/c1-12(2)10-16(8-7-15(12)3)11(9-14)13(17-4)5-6-13/h11H,5-10,14H2,1-4H3. The number of thioether (sulfide) groups is 1. The van der Waals surface area contributed by atoms with Crippen molar-refractivity contribution >= 4 is 11.8 Å². The highest BCUT2D eigenvalue weighted by Crippen LogP contribution is 2.51. The van der Waals surface area contributed by atoms with E-state index in [0.717, 1.165) is 19.6 Å². The monoisotopic (exact) mass is 257 g/mol. The van der Waals surface area contributed by atoms with E-state index in [9.17, 15) is 0 Å². The largest absolute Gasteiger partial charge is 0.329 e. The summed E-state index contributed by atoms with van der Waals surface area (Å²) in [5.41, 5.74) is 6.34. The number of rotatable bonds is 4. The van der Waals surface area contributed by atoms with Gasteiger partial charge in [-0.05, 0) is 40.0 Å². The van der Waals surface area contributed by atoms with Crippen LogP contribution in [-0.2, 0) is 0 Å². The predicted molar refractivity (Wildman–Crippen MR) is 76.6 cm³/mol. The molecule has 4 heteroatoms. The van der Waals surface area contributed by atoms with Crippen molar-refractivity contribution in [2.24, 2.45) is 5.73 Å². The molecule has 1 unspecified atom stereocenters. The number of hydrogen-bond donors (Lipinski definition) is 1. The van der Waals surface area contributed by atoms with E-state index in [-0.39, 0.29) is 5.54 Å². The van der Waals surface area contributed by atoms with Gasteiger partial charge in [-0.15, -0.1) is 0 Å². The van der Waals surface area contributed by atoms with Gasteiger partial charge in [0, 0.05) is 42.5 Å². The summed E-state index contributed by atoms with van der Waals surface area (Å²) in [5.74, 6) is 0. The van der Waals surface area contributed by atoms with E-state index in [0.29, 0.717) is 10.8 Å². The normalized spacial score (nSPS) is 30.2. The maximum absolute atomic E-state index is 6.06. The van der Waals surface area contributed by atoms with Crippen LogP contribution in [0, 0.1) is 0 Å². The lowest BCUT2D eigenvalue weighted by molar-refractivity contribution is 0.0165. The van der Waals surface area contributed by atoms with Crippen LogP contribution in [0.3, 0.4) is 0 Å². The second-order valence-corrected chi connectivity index (χ2v) is 7.45. The Morgan fingerprint density at radius 2 is 1.94 bits per heavy atom.